The van der Waals surface area contributed by atoms with Crippen LogP contribution >= 0.6 is 23.7 Å². The Balaban J connectivity index is 0.00000128. The first-order valence-electron chi connectivity index (χ1n) is 5.23. The minimum atomic E-state index is 0. The van der Waals surface area contributed by atoms with Crippen molar-refractivity contribution in [3.63, 3.8) is 0 Å². The largest absolute Gasteiger partial charge is 0.380 e. The molecule has 2 heterocycles. The highest BCUT2D eigenvalue weighted by atomic mass is 35.5. The van der Waals surface area contributed by atoms with E-state index in [-0.39, 0.29) is 12.4 Å². The molecule has 6 heteroatoms. The van der Waals surface area contributed by atoms with Crippen molar-refractivity contribution in [2.75, 3.05) is 25.9 Å². The maximum absolute atomic E-state index is 5.60. The standard InChI is InChI=1S/C10H17N3OS.ClH/c1-14-8-3-2-4-13(6-8)7-9-5-12-10(11)15-9;/h5,8H,2-4,6-7H2,1H3,(H2,11,12);1H. The number of nitrogens with two attached hydrogens (primary N) is 1. The van der Waals surface area contributed by atoms with Gasteiger partial charge in [0.05, 0.1) is 6.10 Å². The van der Waals surface area contributed by atoms with Crippen molar-refractivity contribution in [1.82, 2.24) is 9.88 Å². The minimum Gasteiger partial charge on any atom is -0.380 e. The Labute approximate surface area is 106 Å². The van der Waals surface area contributed by atoms with Crippen molar-refractivity contribution < 1.29 is 4.74 Å². The summed E-state index contributed by atoms with van der Waals surface area (Å²) in [4.78, 5) is 7.71. The molecule has 1 aromatic rings. The van der Waals surface area contributed by atoms with Crippen molar-refractivity contribution >= 4 is 28.9 Å². The van der Waals surface area contributed by atoms with Crippen LogP contribution in [0.2, 0.25) is 0 Å². The summed E-state index contributed by atoms with van der Waals surface area (Å²) in [6.45, 7) is 3.13. The van der Waals surface area contributed by atoms with Gasteiger partial charge in [-0.05, 0) is 19.4 Å². The van der Waals surface area contributed by atoms with Crippen LogP contribution in [-0.2, 0) is 11.3 Å². The average molecular weight is 264 g/mol. The highest BCUT2D eigenvalue weighted by molar-refractivity contribution is 7.15. The lowest BCUT2D eigenvalue weighted by atomic mass is 10.1. The molecule has 1 aliphatic heterocycles. The SMILES string of the molecule is COC1CCCN(Cc2cnc(N)s2)C1.Cl. The maximum atomic E-state index is 5.60. The van der Waals surface area contributed by atoms with Gasteiger partial charge >= 0.3 is 0 Å². The van der Waals surface area contributed by atoms with Crippen molar-refractivity contribution in [2.24, 2.45) is 0 Å². The summed E-state index contributed by atoms with van der Waals surface area (Å²) in [7, 11) is 1.79. The van der Waals surface area contributed by atoms with Gasteiger partial charge in [-0.2, -0.15) is 0 Å². The van der Waals surface area contributed by atoms with E-state index in [2.05, 4.69) is 9.88 Å². The van der Waals surface area contributed by atoms with Gasteiger partial charge in [0.2, 0.25) is 0 Å². The summed E-state index contributed by atoms with van der Waals surface area (Å²) in [5.74, 6) is 0. The van der Waals surface area contributed by atoms with Gasteiger partial charge in [0.25, 0.3) is 0 Å². The van der Waals surface area contributed by atoms with E-state index in [9.17, 15) is 0 Å². The predicted octanol–water partition coefficient (Wildman–Crippen LogP) is 1.76. The number of nitrogen functional groups attached to an aromatic ring is 1. The normalized spacial score (nSPS) is 21.7. The number of ether oxygens (including phenoxy) is 1. The highest BCUT2D eigenvalue weighted by Gasteiger charge is 2.19. The van der Waals surface area contributed by atoms with Crippen LogP contribution in [0.15, 0.2) is 6.20 Å². The lowest BCUT2D eigenvalue weighted by Crippen LogP contribution is -2.38. The average Bonchev–Trinajstić information content (AvgIpc) is 2.64. The van der Waals surface area contributed by atoms with Gasteiger partial charge in [-0.15, -0.1) is 23.7 Å². The van der Waals surface area contributed by atoms with Gasteiger partial charge in [0.1, 0.15) is 0 Å². The van der Waals surface area contributed by atoms with Crippen LogP contribution in [0.3, 0.4) is 0 Å². The number of aromatic nitrogens is 1. The van der Waals surface area contributed by atoms with Crippen LogP contribution in [0.1, 0.15) is 17.7 Å². The van der Waals surface area contributed by atoms with E-state index in [1.54, 1.807) is 18.4 Å². The number of hydrogen-bond donors (Lipinski definition) is 1. The number of halogens is 1. The summed E-state index contributed by atoms with van der Waals surface area (Å²) in [6.07, 6.45) is 4.66. The third kappa shape index (κ3) is 3.59. The molecule has 4 nitrogen and oxygen atoms in total. The molecule has 1 atom stereocenters. The lowest BCUT2D eigenvalue weighted by molar-refractivity contribution is 0.0289. The van der Waals surface area contributed by atoms with E-state index >= 15 is 0 Å². The molecule has 16 heavy (non-hydrogen) atoms. The fourth-order valence-electron chi connectivity index (χ4n) is 1.97. The number of thiazole rings is 1. The van der Waals surface area contributed by atoms with E-state index in [1.165, 1.54) is 17.7 Å². The van der Waals surface area contributed by atoms with Crippen molar-refractivity contribution in [3.8, 4) is 0 Å². The number of hydrogen-bond acceptors (Lipinski definition) is 5. The number of nitrogens with zero attached hydrogens (tertiary/aromatic N) is 2. The molecular weight excluding hydrogens is 246 g/mol. The topological polar surface area (TPSA) is 51.4 Å². The van der Waals surface area contributed by atoms with Crippen molar-refractivity contribution in [3.05, 3.63) is 11.1 Å². The molecule has 0 saturated carbocycles. The molecule has 0 radical (unpaired) electrons. The first-order valence-corrected chi connectivity index (χ1v) is 6.05. The van der Waals surface area contributed by atoms with Gasteiger partial charge in [-0.25, -0.2) is 4.98 Å². The van der Waals surface area contributed by atoms with Crippen LogP contribution in [0, 0.1) is 0 Å². The number of likely N-dealkylation sites (tertiary alicyclic amines) is 1. The Morgan fingerprint density at radius 2 is 2.50 bits per heavy atom. The zero-order valence-corrected chi connectivity index (χ0v) is 11.0. The Hall–Kier alpha value is -0.360. The molecular formula is C10H18ClN3OS. The van der Waals surface area contributed by atoms with Crippen LogP contribution in [-0.4, -0.2) is 36.2 Å². The first-order chi connectivity index (χ1) is 7.28. The summed E-state index contributed by atoms with van der Waals surface area (Å²) in [5.41, 5.74) is 5.60. The van der Waals surface area contributed by atoms with E-state index in [4.69, 9.17) is 10.5 Å². The number of methoxy groups -OCH3 is 1. The van der Waals surface area contributed by atoms with E-state index in [0.717, 1.165) is 19.6 Å². The minimum absolute atomic E-state index is 0. The molecule has 0 amide bonds. The molecule has 92 valence electrons. The lowest BCUT2D eigenvalue weighted by Gasteiger charge is -2.31. The van der Waals surface area contributed by atoms with E-state index in [1.807, 2.05) is 6.20 Å². The quantitative estimate of drug-likeness (QED) is 0.903. The second-order valence-electron chi connectivity index (χ2n) is 3.90. The number of piperidine rings is 1. The maximum Gasteiger partial charge on any atom is 0.180 e. The predicted molar refractivity (Wildman–Crippen MR) is 69.1 cm³/mol. The van der Waals surface area contributed by atoms with Gasteiger partial charge in [0, 0.05) is 31.3 Å². The summed E-state index contributed by atoms with van der Waals surface area (Å²) < 4.78 is 5.39. The van der Waals surface area contributed by atoms with E-state index < -0.39 is 0 Å². The molecule has 0 aromatic carbocycles. The zero-order chi connectivity index (χ0) is 10.7. The van der Waals surface area contributed by atoms with Gasteiger partial charge in [-0.3, -0.25) is 4.90 Å². The highest BCUT2D eigenvalue weighted by Crippen LogP contribution is 2.20. The van der Waals surface area contributed by atoms with E-state index in [0.29, 0.717) is 11.2 Å². The number of rotatable bonds is 3. The number of anilines is 1. The molecule has 1 aromatic heterocycles. The molecule has 0 bridgehead atoms. The van der Waals surface area contributed by atoms with Crippen LogP contribution < -0.4 is 5.73 Å². The third-order valence-corrected chi connectivity index (χ3v) is 3.56. The first kappa shape index (κ1) is 13.7. The molecule has 2 rings (SSSR count). The molecule has 1 fully saturated rings. The monoisotopic (exact) mass is 263 g/mol. The molecule has 1 unspecified atom stereocenters. The summed E-state index contributed by atoms with van der Waals surface area (Å²) in [5, 5.41) is 0.658. The van der Waals surface area contributed by atoms with Gasteiger partial charge in [0.15, 0.2) is 5.13 Å². The molecule has 0 spiro atoms. The molecule has 0 aliphatic carbocycles. The Kier molecular flexibility index (Phi) is 5.48. The fraction of sp³-hybridized carbons (Fsp3) is 0.700. The van der Waals surface area contributed by atoms with Gasteiger partial charge in [-0.1, -0.05) is 0 Å². The third-order valence-electron chi connectivity index (χ3n) is 2.75. The second-order valence-corrected chi connectivity index (χ2v) is 5.05. The molecule has 2 N–H and O–H groups in total. The molecule has 1 aliphatic rings. The Bertz CT molecular complexity index is 321. The molecule has 1 saturated heterocycles. The van der Waals surface area contributed by atoms with Crippen LogP contribution in [0.5, 0.6) is 0 Å². The van der Waals surface area contributed by atoms with Gasteiger partial charge < -0.3 is 10.5 Å². The Morgan fingerprint density at radius 3 is 3.12 bits per heavy atom. The van der Waals surface area contributed by atoms with Crippen molar-refractivity contribution in [2.45, 2.75) is 25.5 Å². The zero-order valence-electron chi connectivity index (χ0n) is 9.39. The second kappa shape index (κ2) is 6.39. The fourth-order valence-corrected chi connectivity index (χ4v) is 2.69. The van der Waals surface area contributed by atoms with Crippen LogP contribution in [0.4, 0.5) is 5.13 Å². The summed E-state index contributed by atoms with van der Waals surface area (Å²) >= 11 is 1.57. The van der Waals surface area contributed by atoms with Crippen molar-refractivity contribution in [1.29, 1.82) is 0 Å². The smallest absolute Gasteiger partial charge is 0.180 e. The Morgan fingerprint density at radius 1 is 1.69 bits per heavy atom. The summed E-state index contributed by atoms with van der Waals surface area (Å²) in [6, 6.07) is 0. The van der Waals surface area contributed by atoms with Crippen LogP contribution in [0.25, 0.3) is 0 Å².